The standard InChI is InChI=1S/C14H13BrFNO/c15-12-3-1-2-4-14(12)18-9-10-5-6-13(16)11(7-10)8-17/h1-7H,8-9,17H2. The summed E-state index contributed by atoms with van der Waals surface area (Å²) < 4.78 is 19.8. The first-order valence-electron chi connectivity index (χ1n) is 5.55. The Balaban J connectivity index is 2.09. The highest BCUT2D eigenvalue weighted by molar-refractivity contribution is 9.10. The molecule has 2 rings (SSSR count). The smallest absolute Gasteiger partial charge is 0.133 e. The molecular weight excluding hydrogens is 297 g/mol. The molecule has 0 unspecified atom stereocenters. The summed E-state index contributed by atoms with van der Waals surface area (Å²) in [7, 11) is 0. The fourth-order valence-corrected chi connectivity index (χ4v) is 2.00. The molecule has 0 fully saturated rings. The monoisotopic (exact) mass is 309 g/mol. The Morgan fingerprint density at radius 1 is 1.17 bits per heavy atom. The largest absolute Gasteiger partial charge is 0.488 e. The van der Waals surface area contributed by atoms with Gasteiger partial charge in [0.1, 0.15) is 18.2 Å². The quantitative estimate of drug-likeness (QED) is 0.936. The lowest BCUT2D eigenvalue weighted by Gasteiger charge is -2.09. The molecule has 0 aromatic heterocycles. The molecule has 2 aromatic rings. The van der Waals surface area contributed by atoms with Crippen molar-refractivity contribution in [1.29, 1.82) is 0 Å². The van der Waals surface area contributed by atoms with Gasteiger partial charge in [0, 0.05) is 12.1 Å². The number of nitrogens with two attached hydrogens (primary N) is 1. The molecule has 0 spiro atoms. The van der Waals surface area contributed by atoms with E-state index in [1.807, 2.05) is 24.3 Å². The fraction of sp³-hybridized carbons (Fsp3) is 0.143. The molecule has 0 aliphatic rings. The molecular formula is C14H13BrFNO. The van der Waals surface area contributed by atoms with Crippen LogP contribution in [0.4, 0.5) is 4.39 Å². The first-order valence-corrected chi connectivity index (χ1v) is 6.34. The number of ether oxygens (including phenoxy) is 1. The third-order valence-electron chi connectivity index (χ3n) is 2.56. The predicted molar refractivity (Wildman–Crippen MR) is 72.8 cm³/mol. The summed E-state index contributed by atoms with van der Waals surface area (Å²) in [6.45, 7) is 0.574. The van der Waals surface area contributed by atoms with Crippen LogP contribution in [0, 0.1) is 5.82 Å². The van der Waals surface area contributed by atoms with E-state index in [9.17, 15) is 4.39 Å². The number of para-hydroxylation sites is 1. The zero-order chi connectivity index (χ0) is 13.0. The van der Waals surface area contributed by atoms with Crippen molar-refractivity contribution >= 4 is 15.9 Å². The van der Waals surface area contributed by atoms with Crippen molar-refractivity contribution in [2.24, 2.45) is 5.73 Å². The van der Waals surface area contributed by atoms with Crippen LogP contribution in [0.5, 0.6) is 5.75 Å². The molecule has 0 aliphatic carbocycles. The van der Waals surface area contributed by atoms with Gasteiger partial charge in [-0.05, 0) is 45.8 Å². The lowest BCUT2D eigenvalue weighted by atomic mass is 10.1. The summed E-state index contributed by atoms with van der Waals surface area (Å²) in [4.78, 5) is 0. The molecule has 18 heavy (non-hydrogen) atoms. The minimum atomic E-state index is -0.276. The van der Waals surface area contributed by atoms with Crippen LogP contribution >= 0.6 is 15.9 Å². The van der Waals surface area contributed by atoms with Gasteiger partial charge in [-0.15, -0.1) is 0 Å². The molecule has 2 nitrogen and oxygen atoms in total. The second-order valence-corrected chi connectivity index (χ2v) is 4.70. The minimum Gasteiger partial charge on any atom is -0.488 e. The Bertz CT molecular complexity index is 545. The number of hydrogen-bond donors (Lipinski definition) is 1. The first-order chi connectivity index (χ1) is 8.70. The van der Waals surface area contributed by atoms with Crippen LogP contribution < -0.4 is 10.5 Å². The predicted octanol–water partition coefficient (Wildman–Crippen LogP) is 3.63. The second-order valence-electron chi connectivity index (χ2n) is 3.85. The summed E-state index contributed by atoms with van der Waals surface area (Å²) in [5.74, 6) is 0.485. The van der Waals surface area contributed by atoms with E-state index >= 15 is 0 Å². The molecule has 2 aromatic carbocycles. The topological polar surface area (TPSA) is 35.2 Å². The van der Waals surface area contributed by atoms with Crippen molar-refractivity contribution in [2.75, 3.05) is 0 Å². The summed E-state index contributed by atoms with van der Waals surface area (Å²) in [6.07, 6.45) is 0. The highest BCUT2D eigenvalue weighted by Crippen LogP contribution is 2.24. The Kier molecular flexibility index (Phi) is 4.33. The van der Waals surface area contributed by atoms with Crippen molar-refractivity contribution in [2.45, 2.75) is 13.2 Å². The first kappa shape index (κ1) is 13.1. The molecule has 0 radical (unpaired) electrons. The molecule has 0 heterocycles. The van der Waals surface area contributed by atoms with Crippen molar-refractivity contribution in [1.82, 2.24) is 0 Å². The normalized spacial score (nSPS) is 10.4. The number of hydrogen-bond acceptors (Lipinski definition) is 2. The number of rotatable bonds is 4. The van der Waals surface area contributed by atoms with E-state index in [0.29, 0.717) is 12.2 Å². The van der Waals surface area contributed by atoms with Gasteiger partial charge in [-0.2, -0.15) is 0 Å². The fourth-order valence-electron chi connectivity index (χ4n) is 1.60. The van der Waals surface area contributed by atoms with Gasteiger partial charge < -0.3 is 10.5 Å². The third-order valence-corrected chi connectivity index (χ3v) is 3.22. The SMILES string of the molecule is NCc1cc(COc2ccccc2Br)ccc1F. The maximum absolute atomic E-state index is 13.3. The summed E-state index contributed by atoms with van der Waals surface area (Å²) in [6, 6.07) is 12.4. The molecule has 0 amide bonds. The Morgan fingerprint density at radius 2 is 1.94 bits per heavy atom. The van der Waals surface area contributed by atoms with E-state index in [4.69, 9.17) is 10.5 Å². The Morgan fingerprint density at radius 3 is 2.67 bits per heavy atom. The molecule has 0 atom stereocenters. The molecule has 0 saturated heterocycles. The van der Waals surface area contributed by atoms with Crippen molar-refractivity contribution < 1.29 is 9.13 Å². The molecule has 2 N–H and O–H groups in total. The zero-order valence-electron chi connectivity index (χ0n) is 9.70. The van der Waals surface area contributed by atoms with Gasteiger partial charge in [0.2, 0.25) is 0 Å². The lowest BCUT2D eigenvalue weighted by molar-refractivity contribution is 0.304. The van der Waals surface area contributed by atoms with E-state index in [1.165, 1.54) is 6.07 Å². The van der Waals surface area contributed by atoms with E-state index < -0.39 is 0 Å². The van der Waals surface area contributed by atoms with Gasteiger partial charge in [0.05, 0.1) is 4.47 Å². The minimum absolute atomic E-state index is 0.189. The van der Waals surface area contributed by atoms with Crippen LogP contribution in [0.15, 0.2) is 46.9 Å². The Labute approximate surface area is 114 Å². The van der Waals surface area contributed by atoms with Gasteiger partial charge in [-0.3, -0.25) is 0 Å². The zero-order valence-corrected chi connectivity index (χ0v) is 11.3. The van der Waals surface area contributed by atoms with Crippen LogP contribution in [0.3, 0.4) is 0 Å². The van der Waals surface area contributed by atoms with E-state index in [2.05, 4.69) is 15.9 Å². The maximum Gasteiger partial charge on any atom is 0.133 e. The molecule has 4 heteroatoms. The average molecular weight is 310 g/mol. The highest BCUT2D eigenvalue weighted by Gasteiger charge is 2.04. The molecule has 94 valence electrons. The van der Waals surface area contributed by atoms with Gasteiger partial charge in [-0.25, -0.2) is 4.39 Å². The van der Waals surface area contributed by atoms with Crippen LogP contribution in [-0.2, 0) is 13.2 Å². The third kappa shape index (κ3) is 3.09. The van der Waals surface area contributed by atoms with Crippen LogP contribution in [-0.4, -0.2) is 0 Å². The maximum atomic E-state index is 13.3. The summed E-state index contributed by atoms with van der Waals surface area (Å²) in [5, 5.41) is 0. The van der Waals surface area contributed by atoms with Crippen LogP contribution in [0.25, 0.3) is 0 Å². The molecule has 0 saturated carbocycles. The van der Waals surface area contributed by atoms with Crippen LogP contribution in [0.2, 0.25) is 0 Å². The van der Waals surface area contributed by atoms with Gasteiger partial charge in [0.15, 0.2) is 0 Å². The highest BCUT2D eigenvalue weighted by atomic mass is 79.9. The van der Waals surface area contributed by atoms with Gasteiger partial charge in [0.25, 0.3) is 0 Å². The van der Waals surface area contributed by atoms with Crippen LogP contribution in [0.1, 0.15) is 11.1 Å². The van der Waals surface area contributed by atoms with Gasteiger partial charge in [-0.1, -0.05) is 18.2 Å². The van der Waals surface area contributed by atoms with E-state index in [-0.39, 0.29) is 12.4 Å². The summed E-state index contributed by atoms with van der Waals surface area (Å²) in [5.41, 5.74) is 6.86. The molecule has 0 aliphatic heterocycles. The average Bonchev–Trinajstić information content (AvgIpc) is 2.39. The van der Waals surface area contributed by atoms with E-state index in [1.54, 1.807) is 12.1 Å². The second kappa shape index (κ2) is 5.98. The van der Waals surface area contributed by atoms with E-state index in [0.717, 1.165) is 15.8 Å². The lowest BCUT2D eigenvalue weighted by Crippen LogP contribution is -2.03. The summed E-state index contributed by atoms with van der Waals surface area (Å²) >= 11 is 3.40. The van der Waals surface area contributed by atoms with Crippen molar-refractivity contribution in [3.63, 3.8) is 0 Å². The van der Waals surface area contributed by atoms with Crippen molar-refractivity contribution in [3.8, 4) is 5.75 Å². The number of halogens is 2. The van der Waals surface area contributed by atoms with Crippen molar-refractivity contribution in [3.05, 3.63) is 63.9 Å². The Hall–Kier alpha value is -1.39. The van der Waals surface area contributed by atoms with Gasteiger partial charge >= 0.3 is 0 Å². The number of benzene rings is 2. The molecule has 0 bridgehead atoms.